The minimum absolute atomic E-state index is 0.127. The average Bonchev–Trinajstić information content (AvgIpc) is 2.94. The van der Waals surface area contributed by atoms with Crippen molar-refractivity contribution in [1.82, 2.24) is 5.43 Å². The van der Waals surface area contributed by atoms with E-state index >= 15 is 0 Å². The number of rotatable bonds is 4. The Morgan fingerprint density at radius 2 is 2.10 bits per heavy atom. The highest BCUT2D eigenvalue weighted by molar-refractivity contribution is 5.41. The van der Waals surface area contributed by atoms with Crippen LogP contribution in [-0.2, 0) is 12.8 Å². The summed E-state index contributed by atoms with van der Waals surface area (Å²) >= 11 is 0. The van der Waals surface area contributed by atoms with Gasteiger partial charge in [-0.2, -0.15) is 0 Å². The molecular weight excluding hydrogens is 248 g/mol. The third-order valence-electron chi connectivity index (χ3n) is 4.00. The van der Waals surface area contributed by atoms with Gasteiger partial charge in [0.15, 0.2) is 0 Å². The molecule has 2 aromatic rings. The number of nitrogens with two attached hydrogens (primary N) is 1. The van der Waals surface area contributed by atoms with E-state index < -0.39 is 0 Å². The molecule has 3 heteroatoms. The Kier molecular flexibility index (Phi) is 3.72. The average molecular weight is 268 g/mol. The van der Waals surface area contributed by atoms with E-state index in [2.05, 4.69) is 54.8 Å². The lowest BCUT2D eigenvalue weighted by Crippen LogP contribution is -2.29. The second kappa shape index (κ2) is 5.65. The van der Waals surface area contributed by atoms with E-state index in [1.807, 2.05) is 0 Å². The Labute approximate surface area is 119 Å². The maximum Gasteiger partial charge on any atom is 0.122 e. The van der Waals surface area contributed by atoms with E-state index in [0.717, 1.165) is 25.2 Å². The van der Waals surface area contributed by atoms with Crippen molar-refractivity contribution in [2.45, 2.75) is 25.8 Å². The zero-order chi connectivity index (χ0) is 13.9. The summed E-state index contributed by atoms with van der Waals surface area (Å²) in [6.07, 6.45) is 1.88. The quantitative estimate of drug-likeness (QED) is 0.662. The summed E-state index contributed by atoms with van der Waals surface area (Å²) in [6.45, 7) is 2.93. The third-order valence-corrected chi connectivity index (χ3v) is 4.00. The first-order chi connectivity index (χ1) is 9.78. The van der Waals surface area contributed by atoms with E-state index in [1.165, 1.54) is 22.3 Å². The monoisotopic (exact) mass is 268 g/mol. The van der Waals surface area contributed by atoms with Crippen LogP contribution in [0.4, 0.5) is 0 Å². The lowest BCUT2D eigenvalue weighted by Gasteiger charge is -2.18. The van der Waals surface area contributed by atoms with Crippen LogP contribution in [0, 0.1) is 6.92 Å². The maximum atomic E-state index is 5.77. The molecule has 3 N–H and O–H groups in total. The molecule has 3 nitrogen and oxygen atoms in total. The van der Waals surface area contributed by atoms with Crippen LogP contribution in [-0.4, -0.2) is 6.61 Å². The number of hydrogen-bond donors (Lipinski definition) is 2. The van der Waals surface area contributed by atoms with E-state index in [9.17, 15) is 0 Å². The molecule has 1 unspecified atom stereocenters. The van der Waals surface area contributed by atoms with Gasteiger partial charge in [0.2, 0.25) is 0 Å². The van der Waals surface area contributed by atoms with Gasteiger partial charge in [-0.3, -0.25) is 11.3 Å². The van der Waals surface area contributed by atoms with Crippen molar-refractivity contribution in [1.29, 1.82) is 0 Å². The van der Waals surface area contributed by atoms with E-state index in [-0.39, 0.29) is 6.04 Å². The molecule has 104 valence electrons. The molecule has 1 heterocycles. The summed E-state index contributed by atoms with van der Waals surface area (Å²) < 4.78 is 5.55. The van der Waals surface area contributed by atoms with Crippen LogP contribution in [0.25, 0.3) is 0 Å². The van der Waals surface area contributed by atoms with Gasteiger partial charge in [0.1, 0.15) is 5.75 Å². The fraction of sp³-hybridized carbons (Fsp3) is 0.294. The van der Waals surface area contributed by atoms with Gasteiger partial charge >= 0.3 is 0 Å². The Morgan fingerprint density at radius 1 is 1.25 bits per heavy atom. The highest BCUT2D eigenvalue weighted by Crippen LogP contribution is 2.29. The highest BCUT2D eigenvalue weighted by atomic mass is 16.5. The zero-order valence-electron chi connectivity index (χ0n) is 11.7. The van der Waals surface area contributed by atoms with Crippen molar-refractivity contribution >= 4 is 0 Å². The lowest BCUT2D eigenvalue weighted by atomic mass is 9.95. The molecule has 1 atom stereocenters. The van der Waals surface area contributed by atoms with E-state index in [1.54, 1.807) is 0 Å². The molecule has 20 heavy (non-hydrogen) atoms. The predicted octanol–water partition coefficient (Wildman–Crippen LogP) is 2.68. The maximum absolute atomic E-state index is 5.77. The number of fused-ring (bicyclic) bond motifs is 1. The summed E-state index contributed by atoms with van der Waals surface area (Å²) in [5.41, 5.74) is 8.08. The molecule has 0 aliphatic carbocycles. The van der Waals surface area contributed by atoms with E-state index in [0.29, 0.717) is 0 Å². The summed E-state index contributed by atoms with van der Waals surface area (Å²) in [5.74, 6) is 6.78. The fourth-order valence-electron chi connectivity index (χ4n) is 2.76. The van der Waals surface area contributed by atoms with Crippen molar-refractivity contribution < 1.29 is 4.74 Å². The number of hydrogen-bond acceptors (Lipinski definition) is 3. The molecule has 2 aromatic carbocycles. The van der Waals surface area contributed by atoms with Crippen LogP contribution < -0.4 is 16.0 Å². The van der Waals surface area contributed by atoms with Crippen LogP contribution in [0.5, 0.6) is 5.75 Å². The molecule has 0 fully saturated rings. The van der Waals surface area contributed by atoms with Crippen molar-refractivity contribution in [3.8, 4) is 5.75 Å². The summed E-state index contributed by atoms with van der Waals surface area (Å²) in [6, 6.07) is 14.9. The van der Waals surface area contributed by atoms with Gasteiger partial charge in [-0.15, -0.1) is 0 Å². The van der Waals surface area contributed by atoms with Gasteiger partial charge in [-0.05, 0) is 41.7 Å². The van der Waals surface area contributed by atoms with Crippen LogP contribution in [0.2, 0.25) is 0 Å². The van der Waals surface area contributed by atoms with Crippen LogP contribution in [0.3, 0.4) is 0 Å². The number of aryl methyl sites for hydroxylation is 1. The topological polar surface area (TPSA) is 47.3 Å². The number of hydrazine groups is 1. The van der Waals surface area contributed by atoms with E-state index in [4.69, 9.17) is 10.6 Å². The van der Waals surface area contributed by atoms with Gasteiger partial charge < -0.3 is 4.74 Å². The Bertz CT molecular complexity index is 610. The minimum atomic E-state index is 0.127. The van der Waals surface area contributed by atoms with Crippen molar-refractivity contribution in [2.24, 2.45) is 5.84 Å². The molecule has 0 amide bonds. The standard InChI is InChI=1S/C17H20N2O/c1-12-4-2-3-5-13(12)11-16(19-18)14-6-7-17-15(10-14)8-9-20-17/h2-7,10,16,19H,8-9,11,18H2,1H3. The van der Waals surface area contributed by atoms with Gasteiger partial charge in [0, 0.05) is 6.42 Å². The molecule has 0 saturated heterocycles. The first-order valence-corrected chi connectivity index (χ1v) is 7.04. The largest absolute Gasteiger partial charge is 0.493 e. The van der Waals surface area contributed by atoms with Gasteiger partial charge in [0.05, 0.1) is 12.6 Å². The van der Waals surface area contributed by atoms with Crippen molar-refractivity contribution in [3.63, 3.8) is 0 Å². The molecule has 0 bridgehead atoms. The summed E-state index contributed by atoms with van der Waals surface area (Å²) in [4.78, 5) is 0. The smallest absolute Gasteiger partial charge is 0.122 e. The van der Waals surface area contributed by atoms with Crippen LogP contribution in [0.15, 0.2) is 42.5 Å². The third kappa shape index (κ3) is 2.55. The Balaban J connectivity index is 1.85. The van der Waals surface area contributed by atoms with Crippen molar-refractivity contribution in [3.05, 3.63) is 64.7 Å². The molecule has 0 radical (unpaired) electrons. The normalized spacial score (nSPS) is 14.7. The number of nitrogens with one attached hydrogen (secondary N) is 1. The molecule has 0 saturated carbocycles. The fourth-order valence-corrected chi connectivity index (χ4v) is 2.76. The first kappa shape index (κ1) is 13.2. The first-order valence-electron chi connectivity index (χ1n) is 7.04. The van der Waals surface area contributed by atoms with Crippen molar-refractivity contribution in [2.75, 3.05) is 6.61 Å². The molecule has 3 rings (SSSR count). The highest BCUT2D eigenvalue weighted by Gasteiger charge is 2.17. The molecule has 1 aliphatic rings. The second-order valence-electron chi connectivity index (χ2n) is 5.32. The van der Waals surface area contributed by atoms with Crippen LogP contribution in [0.1, 0.15) is 28.3 Å². The molecule has 0 aromatic heterocycles. The summed E-state index contributed by atoms with van der Waals surface area (Å²) in [5, 5.41) is 0. The molecule has 1 aliphatic heterocycles. The number of benzene rings is 2. The van der Waals surface area contributed by atoms with Gasteiger partial charge in [-0.1, -0.05) is 36.4 Å². The van der Waals surface area contributed by atoms with Gasteiger partial charge in [-0.25, -0.2) is 0 Å². The van der Waals surface area contributed by atoms with Gasteiger partial charge in [0.25, 0.3) is 0 Å². The summed E-state index contributed by atoms with van der Waals surface area (Å²) in [7, 11) is 0. The molecule has 0 spiro atoms. The Hall–Kier alpha value is -1.84. The second-order valence-corrected chi connectivity index (χ2v) is 5.32. The number of ether oxygens (including phenoxy) is 1. The lowest BCUT2D eigenvalue weighted by molar-refractivity contribution is 0.356. The predicted molar refractivity (Wildman–Crippen MR) is 80.6 cm³/mol. The minimum Gasteiger partial charge on any atom is -0.493 e. The SMILES string of the molecule is Cc1ccccc1CC(NN)c1ccc2c(c1)CCO2. The Morgan fingerprint density at radius 3 is 2.90 bits per heavy atom. The zero-order valence-corrected chi connectivity index (χ0v) is 11.7. The van der Waals surface area contributed by atoms with Crippen LogP contribution >= 0.6 is 0 Å². The molecular formula is C17H20N2O.